The Balaban J connectivity index is 1.16. The molecule has 3 aromatic rings. The fourth-order valence-electron chi connectivity index (χ4n) is 7.11. The normalized spacial score (nSPS) is 20.9. The minimum Gasteiger partial charge on any atom is -0.438 e. The molecule has 316 valence electrons. The molecule has 3 atom stereocenters. The number of halogens is 2. The first-order valence-electron chi connectivity index (χ1n) is 19.2. The van der Waals surface area contributed by atoms with Gasteiger partial charge in [-0.25, -0.2) is 4.98 Å². The number of ether oxygens (including phenoxy) is 2. The molecule has 19 heteroatoms. The monoisotopic (exact) mass is 849 g/mol. The maximum Gasteiger partial charge on any atom is 0.410 e. The molecule has 0 radical (unpaired) electrons. The highest BCUT2D eigenvalue weighted by Gasteiger charge is 2.56. The third kappa shape index (κ3) is 9.14. The molecule has 58 heavy (non-hydrogen) atoms. The number of esters is 2. The summed E-state index contributed by atoms with van der Waals surface area (Å²) in [6.45, 7) is 7.94. The number of alkyl halides is 2. The van der Waals surface area contributed by atoms with Gasteiger partial charge in [-0.3, -0.25) is 37.6 Å². The fraction of sp³-hybridized carbons (Fsp3) is 0.590. The van der Waals surface area contributed by atoms with E-state index in [-0.39, 0.29) is 34.2 Å². The number of hydrogen-bond acceptors (Lipinski definition) is 12. The van der Waals surface area contributed by atoms with Crippen LogP contribution in [0.1, 0.15) is 101 Å². The van der Waals surface area contributed by atoms with Gasteiger partial charge in [0.2, 0.25) is 25.4 Å². The van der Waals surface area contributed by atoms with E-state index < -0.39 is 73.2 Å². The Morgan fingerprint density at radius 3 is 2.10 bits per heavy atom. The molecule has 3 fully saturated rings. The zero-order valence-corrected chi connectivity index (χ0v) is 35.1. The SMILES string of the molecule is CC(C)(C)C(=O)OCOP(=O)(OCOC(=O)C(C)(C)C)C(F)(F)c1ccc2sc(C(=O)N[C@H]3CCC[C@H]4CCC[C@@H](C(=O)N5CC(n6ccnc6)C5)N4C3=O)cc2c1. The molecule has 3 amide bonds. The second-order valence-electron chi connectivity index (χ2n) is 17.0. The molecule has 0 unspecified atom stereocenters. The van der Waals surface area contributed by atoms with E-state index in [0.29, 0.717) is 43.5 Å². The predicted molar refractivity (Wildman–Crippen MR) is 208 cm³/mol. The van der Waals surface area contributed by atoms with Crippen molar-refractivity contribution in [3.63, 3.8) is 0 Å². The van der Waals surface area contributed by atoms with Crippen LogP contribution in [-0.4, -0.2) is 93.8 Å². The van der Waals surface area contributed by atoms with Gasteiger partial charge in [-0.1, -0.05) is 6.07 Å². The van der Waals surface area contributed by atoms with Gasteiger partial charge < -0.3 is 29.2 Å². The van der Waals surface area contributed by atoms with Crippen molar-refractivity contribution in [1.29, 1.82) is 0 Å². The Morgan fingerprint density at radius 2 is 1.52 bits per heavy atom. The largest absolute Gasteiger partial charge is 0.438 e. The quantitative estimate of drug-likeness (QED) is 0.118. The van der Waals surface area contributed by atoms with E-state index in [1.165, 1.54) is 53.7 Å². The minimum absolute atomic E-state index is 0.101. The number of thiophene rings is 1. The highest BCUT2D eigenvalue weighted by molar-refractivity contribution is 7.54. The van der Waals surface area contributed by atoms with Gasteiger partial charge in [0.05, 0.1) is 28.1 Å². The Labute approximate surface area is 339 Å². The van der Waals surface area contributed by atoms with Crippen molar-refractivity contribution in [2.75, 3.05) is 26.7 Å². The second kappa shape index (κ2) is 16.8. The Morgan fingerprint density at radius 1 is 0.897 bits per heavy atom. The van der Waals surface area contributed by atoms with Crippen LogP contribution < -0.4 is 5.32 Å². The molecule has 0 bridgehead atoms. The van der Waals surface area contributed by atoms with Crippen molar-refractivity contribution in [2.45, 2.75) is 110 Å². The molecule has 0 aliphatic carbocycles. The van der Waals surface area contributed by atoms with Gasteiger partial charge in [-0.2, -0.15) is 8.78 Å². The van der Waals surface area contributed by atoms with Crippen LogP contribution in [0.25, 0.3) is 10.1 Å². The van der Waals surface area contributed by atoms with E-state index in [4.69, 9.17) is 18.5 Å². The number of amides is 3. The molecule has 15 nitrogen and oxygen atoms in total. The van der Waals surface area contributed by atoms with E-state index >= 15 is 8.78 Å². The molecule has 0 spiro atoms. The topological polar surface area (TPSA) is 176 Å². The van der Waals surface area contributed by atoms with Gasteiger partial charge in [-0.05, 0) is 104 Å². The molecule has 3 saturated heterocycles. The molecule has 3 aliphatic heterocycles. The molecule has 1 aromatic carbocycles. The van der Waals surface area contributed by atoms with Gasteiger partial charge in [0.1, 0.15) is 12.1 Å². The van der Waals surface area contributed by atoms with Gasteiger partial charge in [0, 0.05) is 41.8 Å². The number of likely N-dealkylation sites (tertiary alicyclic amines) is 1. The lowest BCUT2D eigenvalue weighted by molar-refractivity contribution is -0.163. The van der Waals surface area contributed by atoms with E-state index in [1.54, 1.807) is 22.3 Å². The molecule has 3 aliphatic rings. The number of carbonyl (C=O) groups excluding carboxylic acids is 5. The summed E-state index contributed by atoms with van der Waals surface area (Å²) in [5.74, 6) is -2.63. The van der Waals surface area contributed by atoms with Crippen molar-refractivity contribution >= 4 is 58.7 Å². The summed E-state index contributed by atoms with van der Waals surface area (Å²) < 4.78 is 68.5. The highest BCUT2D eigenvalue weighted by Crippen LogP contribution is 2.67. The Bertz CT molecular complexity index is 2040. The van der Waals surface area contributed by atoms with E-state index in [2.05, 4.69) is 10.3 Å². The molecule has 0 saturated carbocycles. The first kappa shape index (κ1) is 43.3. The summed E-state index contributed by atoms with van der Waals surface area (Å²) >= 11 is 1.01. The number of hydrogen-bond donors (Lipinski definition) is 1. The number of fused-ring (bicyclic) bond motifs is 2. The molecular weight excluding hydrogens is 799 g/mol. The van der Waals surface area contributed by atoms with Crippen LogP contribution >= 0.6 is 18.9 Å². The smallest absolute Gasteiger partial charge is 0.410 e. The minimum atomic E-state index is -5.57. The molecule has 5 heterocycles. The van der Waals surface area contributed by atoms with Gasteiger partial charge in [-0.15, -0.1) is 11.3 Å². The molecule has 1 N–H and O–H groups in total. The van der Waals surface area contributed by atoms with Crippen molar-refractivity contribution in [3.05, 3.63) is 53.4 Å². The van der Waals surface area contributed by atoms with Crippen molar-refractivity contribution in [2.24, 2.45) is 10.8 Å². The second-order valence-corrected chi connectivity index (χ2v) is 20.1. The molecule has 2 aromatic heterocycles. The predicted octanol–water partition coefficient (Wildman–Crippen LogP) is 6.58. The number of benzene rings is 1. The lowest BCUT2D eigenvalue weighted by Gasteiger charge is -2.47. The summed E-state index contributed by atoms with van der Waals surface area (Å²) in [7, 11) is -5.57. The average molecular weight is 850 g/mol. The first-order valence-corrected chi connectivity index (χ1v) is 21.6. The first-order chi connectivity index (χ1) is 27.2. The Kier molecular flexibility index (Phi) is 12.5. The number of aromatic nitrogens is 2. The summed E-state index contributed by atoms with van der Waals surface area (Å²) in [5.41, 5.74) is -7.19. The van der Waals surface area contributed by atoms with Crippen LogP contribution in [0.2, 0.25) is 0 Å². The lowest BCUT2D eigenvalue weighted by atomic mass is 9.91. The standard InChI is InChI=1S/C39H50F2N5O10PS/c1-37(2,3)35(50)53-22-55-57(52,56-23-54-36(51)38(4,5)6)39(40,41)25-13-14-30-24(17-25)18-31(58-30)32(47)43-28-11-7-9-26-10-8-12-29(46(26)33(28)48)34(49)45-19-27(20-45)44-16-15-42-21-44/h13-18,21,26-29H,7-12,19-20,22-23H2,1-6H3,(H,43,47)/t26-,28-,29-/m0/s1. The maximum absolute atomic E-state index is 16.2. The number of carbonyl (C=O) groups is 5. The summed E-state index contributed by atoms with van der Waals surface area (Å²) in [4.78, 5) is 73.8. The number of imidazole rings is 1. The summed E-state index contributed by atoms with van der Waals surface area (Å²) in [5, 5.41) is 3.05. The van der Waals surface area contributed by atoms with Crippen molar-refractivity contribution in [3.8, 4) is 0 Å². The zero-order valence-electron chi connectivity index (χ0n) is 33.4. The van der Waals surface area contributed by atoms with Gasteiger partial charge in [0.25, 0.3) is 5.91 Å². The third-order valence-electron chi connectivity index (χ3n) is 10.5. The van der Waals surface area contributed by atoms with Crippen LogP contribution in [0.4, 0.5) is 8.78 Å². The van der Waals surface area contributed by atoms with Crippen LogP contribution in [0, 0.1) is 10.8 Å². The number of piperidine rings is 1. The average Bonchev–Trinajstić information content (AvgIpc) is 3.80. The highest BCUT2D eigenvalue weighted by atomic mass is 32.1. The van der Waals surface area contributed by atoms with E-state index in [9.17, 15) is 28.5 Å². The number of rotatable bonds is 12. The van der Waals surface area contributed by atoms with Crippen molar-refractivity contribution < 1.29 is 55.8 Å². The number of nitrogens with zero attached hydrogens (tertiary/aromatic N) is 4. The van der Waals surface area contributed by atoms with Gasteiger partial charge >= 0.3 is 25.2 Å². The molecular formula is C39H50F2N5O10PS. The zero-order chi connectivity index (χ0) is 42.2. The molecule has 6 rings (SSSR count). The van der Waals surface area contributed by atoms with Crippen LogP contribution in [0.5, 0.6) is 0 Å². The van der Waals surface area contributed by atoms with Crippen molar-refractivity contribution in [1.82, 2.24) is 24.7 Å². The third-order valence-corrected chi connectivity index (χ3v) is 13.5. The number of nitrogens with one attached hydrogen (secondary N) is 1. The fourth-order valence-corrected chi connectivity index (χ4v) is 9.30. The van der Waals surface area contributed by atoms with E-state index in [1.807, 2.05) is 10.8 Å². The van der Waals surface area contributed by atoms with E-state index in [0.717, 1.165) is 36.3 Å². The Hall–Kier alpha value is -4.25. The van der Waals surface area contributed by atoms with Crippen LogP contribution in [0.3, 0.4) is 0 Å². The van der Waals surface area contributed by atoms with Crippen LogP contribution in [0.15, 0.2) is 43.0 Å². The lowest BCUT2D eigenvalue weighted by Crippen LogP contribution is -2.63. The van der Waals surface area contributed by atoms with Gasteiger partial charge in [0.15, 0.2) is 0 Å². The summed E-state index contributed by atoms with van der Waals surface area (Å²) in [6.07, 6.45) is 9.11. The van der Waals surface area contributed by atoms with Crippen LogP contribution in [-0.2, 0) is 47.9 Å². The maximum atomic E-state index is 16.2. The summed E-state index contributed by atoms with van der Waals surface area (Å²) in [6, 6.07) is 3.22.